The molecule has 0 radical (unpaired) electrons. The Morgan fingerprint density at radius 2 is 2.17 bits per heavy atom. The van der Waals surface area contributed by atoms with Crippen molar-refractivity contribution in [1.29, 1.82) is 0 Å². The molecule has 1 aliphatic heterocycles. The summed E-state index contributed by atoms with van der Waals surface area (Å²) in [4.78, 5) is 11.8. The fourth-order valence-corrected chi connectivity index (χ4v) is 1.85. The van der Waals surface area contributed by atoms with Gasteiger partial charge < -0.3 is 14.2 Å². The number of rotatable bonds is 5. The molecule has 4 nitrogen and oxygen atoms in total. The number of halogens is 1. The lowest BCUT2D eigenvalue weighted by molar-refractivity contribution is -0.126. The summed E-state index contributed by atoms with van der Waals surface area (Å²) in [5, 5.41) is 0. The molecular weight excluding hydrogens is 239 g/mol. The summed E-state index contributed by atoms with van der Waals surface area (Å²) in [5.41, 5.74) is 0.331. The highest BCUT2D eigenvalue weighted by atomic mass is 19.1. The smallest absolute Gasteiger partial charge is 0.168 e. The van der Waals surface area contributed by atoms with E-state index in [-0.39, 0.29) is 24.4 Å². The van der Waals surface area contributed by atoms with E-state index in [2.05, 4.69) is 0 Å². The van der Waals surface area contributed by atoms with Crippen LogP contribution in [-0.4, -0.2) is 32.4 Å². The normalized spacial score (nSPS) is 15.9. The van der Waals surface area contributed by atoms with E-state index in [0.717, 1.165) is 0 Å². The molecule has 18 heavy (non-hydrogen) atoms. The van der Waals surface area contributed by atoms with E-state index in [1.807, 2.05) is 0 Å². The Morgan fingerprint density at radius 3 is 2.83 bits per heavy atom. The maximum atomic E-state index is 13.8. The molecule has 1 fully saturated rings. The number of Topliss-reactive ketones (excluding diaryl/α,β-unsaturated/α-hetero) is 1. The predicted molar refractivity (Wildman–Crippen MR) is 62.0 cm³/mol. The van der Waals surface area contributed by atoms with Crippen LogP contribution < -0.4 is 4.74 Å². The minimum atomic E-state index is -0.485. The van der Waals surface area contributed by atoms with Gasteiger partial charge in [0.1, 0.15) is 5.78 Å². The highest BCUT2D eigenvalue weighted by Gasteiger charge is 2.21. The number of ether oxygens (including phenoxy) is 3. The van der Waals surface area contributed by atoms with Crippen LogP contribution in [0, 0.1) is 5.82 Å². The molecule has 0 unspecified atom stereocenters. The highest BCUT2D eigenvalue weighted by Crippen LogP contribution is 2.21. The molecule has 0 N–H and O–H groups in total. The van der Waals surface area contributed by atoms with E-state index in [1.165, 1.54) is 13.2 Å². The topological polar surface area (TPSA) is 44.8 Å². The lowest BCUT2D eigenvalue weighted by atomic mass is 10.1. The van der Waals surface area contributed by atoms with E-state index in [1.54, 1.807) is 12.1 Å². The van der Waals surface area contributed by atoms with Gasteiger partial charge in [-0.05, 0) is 11.6 Å². The third kappa shape index (κ3) is 3.05. The summed E-state index contributed by atoms with van der Waals surface area (Å²) in [5.74, 6) is -0.454. The number of hydrogen-bond donors (Lipinski definition) is 0. The summed E-state index contributed by atoms with van der Waals surface area (Å²) >= 11 is 0. The summed E-state index contributed by atoms with van der Waals surface area (Å²) in [7, 11) is 1.39. The van der Waals surface area contributed by atoms with Crippen molar-refractivity contribution < 1.29 is 23.4 Å². The van der Waals surface area contributed by atoms with Gasteiger partial charge in [0, 0.05) is 6.42 Å². The maximum absolute atomic E-state index is 13.8. The van der Waals surface area contributed by atoms with Crippen LogP contribution in [-0.2, 0) is 20.7 Å². The first kappa shape index (κ1) is 13.0. The molecule has 1 aromatic carbocycles. The van der Waals surface area contributed by atoms with E-state index in [9.17, 15) is 9.18 Å². The van der Waals surface area contributed by atoms with Crippen LogP contribution in [0.25, 0.3) is 0 Å². The first-order valence-electron chi connectivity index (χ1n) is 5.77. The fourth-order valence-electron chi connectivity index (χ4n) is 1.85. The number of carbonyl (C=O) groups is 1. The molecule has 0 saturated carbocycles. The molecule has 0 aromatic heterocycles. The van der Waals surface area contributed by atoms with E-state index < -0.39 is 12.1 Å². The zero-order valence-electron chi connectivity index (χ0n) is 10.1. The number of methoxy groups -OCH3 is 1. The van der Waals surface area contributed by atoms with Gasteiger partial charge in [-0.1, -0.05) is 12.1 Å². The monoisotopic (exact) mass is 254 g/mol. The van der Waals surface area contributed by atoms with Crippen molar-refractivity contribution in [2.45, 2.75) is 19.1 Å². The lowest BCUT2D eigenvalue weighted by Gasteiger charge is -2.09. The number of carbonyl (C=O) groups excluding carboxylic acids is 1. The Balaban J connectivity index is 1.98. The van der Waals surface area contributed by atoms with Crippen molar-refractivity contribution in [3.05, 3.63) is 29.6 Å². The molecule has 1 aliphatic rings. The molecule has 98 valence electrons. The van der Waals surface area contributed by atoms with Crippen molar-refractivity contribution in [3.63, 3.8) is 0 Å². The third-order valence-electron chi connectivity index (χ3n) is 2.74. The predicted octanol–water partition coefficient (Wildman–Crippen LogP) is 1.71. The van der Waals surface area contributed by atoms with Gasteiger partial charge >= 0.3 is 0 Å². The fraction of sp³-hybridized carbons (Fsp3) is 0.462. The maximum Gasteiger partial charge on any atom is 0.168 e. The van der Waals surface area contributed by atoms with Crippen LogP contribution in [0.4, 0.5) is 4.39 Å². The molecular formula is C13H15FO4. The molecule has 5 heteroatoms. The average molecular weight is 254 g/mol. The first-order valence-corrected chi connectivity index (χ1v) is 5.77. The second-order valence-corrected chi connectivity index (χ2v) is 4.02. The van der Waals surface area contributed by atoms with Gasteiger partial charge in [-0.3, -0.25) is 4.79 Å². The van der Waals surface area contributed by atoms with E-state index in [0.29, 0.717) is 18.8 Å². The zero-order chi connectivity index (χ0) is 13.0. The second-order valence-electron chi connectivity index (χ2n) is 4.02. The Hall–Kier alpha value is -1.46. The van der Waals surface area contributed by atoms with Crippen molar-refractivity contribution >= 4 is 5.78 Å². The third-order valence-corrected chi connectivity index (χ3v) is 2.74. The van der Waals surface area contributed by atoms with Crippen LogP contribution in [0.15, 0.2) is 18.2 Å². The minimum absolute atomic E-state index is 0.0201. The average Bonchev–Trinajstić information content (AvgIpc) is 2.84. The lowest BCUT2D eigenvalue weighted by Crippen LogP contribution is -2.16. The Labute approximate surface area is 105 Å². The summed E-state index contributed by atoms with van der Waals surface area (Å²) in [6, 6.07) is 4.76. The Bertz CT molecular complexity index is 427. The molecule has 1 heterocycles. The van der Waals surface area contributed by atoms with Gasteiger partial charge in [0.25, 0.3) is 0 Å². The first-order chi connectivity index (χ1) is 8.70. The van der Waals surface area contributed by atoms with Crippen molar-refractivity contribution in [3.8, 4) is 5.75 Å². The van der Waals surface area contributed by atoms with Gasteiger partial charge in [-0.15, -0.1) is 0 Å². The van der Waals surface area contributed by atoms with Gasteiger partial charge in [0.05, 0.1) is 26.7 Å². The minimum Gasteiger partial charge on any atom is -0.494 e. The van der Waals surface area contributed by atoms with Crippen molar-refractivity contribution in [2.24, 2.45) is 0 Å². The van der Waals surface area contributed by atoms with Gasteiger partial charge in [0.15, 0.2) is 17.9 Å². The standard InChI is InChI=1S/C13H15FO4/c1-16-11-4-2-3-9(13(11)14)7-10(15)8-12-17-5-6-18-12/h2-4,12H,5-8H2,1H3. The zero-order valence-corrected chi connectivity index (χ0v) is 10.1. The molecule has 0 bridgehead atoms. The summed E-state index contributed by atoms with van der Waals surface area (Å²) in [6.07, 6.45) is -0.311. The summed E-state index contributed by atoms with van der Waals surface area (Å²) < 4.78 is 29.0. The quantitative estimate of drug-likeness (QED) is 0.802. The van der Waals surface area contributed by atoms with Crippen LogP contribution in [0.2, 0.25) is 0 Å². The van der Waals surface area contributed by atoms with E-state index in [4.69, 9.17) is 14.2 Å². The van der Waals surface area contributed by atoms with Crippen LogP contribution in [0.5, 0.6) is 5.75 Å². The van der Waals surface area contributed by atoms with Gasteiger partial charge in [0.2, 0.25) is 0 Å². The largest absolute Gasteiger partial charge is 0.494 e. The molecule has 0 aliphatic carbocycles. The molecule has 1 saturated heterocycles. The van der Waals surface area contributed by atoms with Crippen molar-refractivity contribution in [2.75, 3.05) is 20.3 Å². The Kier molecular flexibility index (Phi) is 4.28. The second kappa shape index (κ2) is 5.93. The van der Waals surface area contributed by atoms with Crippen LogP contribution >= 0.6 is 0 Å². The number of benzene rings is 1. The highest BCUT2D eigenvalue weighted by molar-refractivity contribution is 5.81. The molecule has 0 spiro atoms. The van der Waals surface area contributed by atoms with Crippen LogP contribution in [0.3, 0.4) is 0 Å². The van der Waals surface area contributed by atoms with Gasteiger partial charge in [-0.2, -0.15) is 0 Å². The summed E-state index contributed by atoms with van der Waals surface area (Å²) in [6.45, 7) is 1.01. The van der Waals surface area contributed by atoms with E-state index >= 15 is 0 Å². The Morgan fingerprint density at radius 1 is 1.44 bits per heavy atom. The van der Waals surface area contributed by atoms with Crippen molar-refractivity contribution in [1.82, 2.24) is 0 Å². The van der Waals surface area contributed by atoms with Gasteiger partial charge in [-0.25, -0.2) is 4.39 Å². The molecule has 1 aromatic rings. The molecule has 0 amide bonds. The molecule has 0 atom stereocenters. The van der Waals surface area contributed by atoms with Crippen LogP contribution in [0.1, 0.15) is 12.0 Å². The number of ketones is 1. The molecule has 2 rings (SSSR count). The SMILES string of the molecule is COc1cccc(CC(=O)CC2OCCO2)c1F. The number of hydrogen-bond acceptors (Lipinski definition) is 4.